The van der Waals surface area contributed by atoms with E-state index in [0.717, 1.165) is 30.1 Å². The van der Waals surface area contributed by atoms with E-state index in [0.29, 0.717) is 25.9 Å². The van der Waals surface area contributed by atoms with Gasteiger partial charge in [0.2, 0.25) is 0 Å². The molecule has 0 aromatic carbocycles. The minimum Gasteiger partial charge on any atom is -0.382 e. The Bertz CT molecular complexity index is 318. The van der Waals surface area contributed by atoms with Gasteiger partial charge in [0.25, 0.3) is 0 Å². The van der Waals surface area contributed by atoms with Gasteiger partial charge in [0.05, 0.1) is 30.5 Å². The van der Waals surface area contributed by atoms with Gasteiger partial charge in [-0.2, -0.15) is 0 Å². The summed E-state index contributed by atoms with van der Waals surface area (Å²) in [5.41, 5.74) is 1.14. The van der Waals surface area contributed by atoms with Gasteiger partial charge in [-0.05, 0) is 19.9 Å². The lowest BCUT2D eigenvalue weighted by atomic mass is 10.2. The van der Waals surface area contributed by atoms with Crippen LogP contribution in [0.4, 0.5) is 0 Å². The van der Waals surface area contributed by atoms with Gasteiger partial charge in [-0.1, -0.05) is 6.92 Å². The van der Waals surface area contributed by atoms with E-state index in [1.165, 1.54) is 0 Å². The van der Waals surface area contributed by atoms with Crippen LogP contribution in [-0.2, 0) is 15.9 Å². The van der Waals surface area contributed by atoms with E-state index in [4.69, 9.17) is 9.47 Å². The van der Waals surface area contributed by atoms with Gasteiger partial charge in [-0.15, -0.1) is 11.3 Å². The van der Waals surface area contributed by atoms with Crippen molar-refractivity contribution in [1.29, 1.82) is 0 Å². The summed E-state index contributed by atoms with van der Waals surface area (Å²) in [5, 5.41) is 6.72. The molecule has 0 fully saturated rings. The third-order valence-corrected chi connectivity index (χ3v) is 3.53. The molecule has 1 unspecified atom stereocenters. The van der Waals surface area contributed by atoms with Crippen molar-refractivity contribution in [1.82, 2.24) is 10.3 Å². The first kappa shape index (κ1) is 15.6. The first-order chi connectivity index (χ1) is 8.77. The van der Waals surface area contributed by atoms with Crippen molar-refractivity contribution in [3.05, 3.63) is 16.1 Å². The zero-order valence-corrected chi connectivity index (χ0v) is 12.4. The molecule has 0 bridgehead atoms. The second-order valence-corrected chi connectivity index (χ2v) is 5.14. The lowest BCUT2D eigenvalue weighted by Crippen LogP contribution is -2.19. The van der Waals surface area contributed by atoms with Gasteiger partial charge in [0.1, 0.15) is 0 Å². The molecule has 0 amide bonds. The maximum Gasteiger partial charge on any atom is 0.0951 e. The molecule has 4 nitrogen and oxygen atoms in total. The maximum atomic E-state index is 5.44. The fourth-order valence-electron chi connectivity index (χ4n) is 1.51. The third-order valence-electron chi connectivity index (χ3n) is 2.61. The lowest BCUT2D eigenvalue weighted by Gasteiger charge is -2.09. The summed E-state index contributed by atoms with van der Waals surface area (Å²) in [6.45, 7) is 7.39. The van der Waals surface area contributed by atoms with Gasteiger partial charge in [0, 0.05) is 25.0 Å². The summed E-state index contributed by atoms with van der Waals surface area (Å²) in [6.07, 6.45) is 2.03. The Morgan fingerprint density at radius 3 is 2.94 bits per heavy atom. The molecule has 1 rings (SSSR count). The Morgan fingerprint density at radius 1 is 1.39 bits per heavy atom. The van der Waals surface area contributed by atoms with E-state index in [-0.39, 0.29) is 0 Å². The standard InChI is InChI=1S/C13H24N2O2S/c1-4-6-14-11(2)12-10-18-13(15-12)5-7-17-9-8-16-3/h10-11,14H,4-9H2,1-3H3. The van der Waals surface area contributed by atoms with Crippen molar-refractivity contribution >= 4 is 11.3 Å². The predicted molar refractivity (Wildman–Crippen MR) is 75.2 cm³/mol. The summed E-state index contributed by atoms with van der Waals surface area (Å²) in [6, 6.07) is 0.337. The molecule has 18 heavy (non-hydrogen) atoms. The van der Waals surface area contributed by atoms with Crippen LogP contribution in [0.2, 0.25) is 0 Å². The average molecular weight is 272 g/mol. The molecular weight excluding hydrogens is 248 g/mol. The maximum absolute atomic E-state index is 5.44. The molecule has 1 aromatic heterocycles. The fraction of sp³-hybridized carbons (Fsp3) is 0.769. The fourth-order valence-corrected chi connectivity index (χ4v) is 2.38. The van der Waals surface area contributed by atoms with E-state index < -0.39 is 0 Å². The number of ether oxygens (including phenoxy) is 2. The molecule has 104 valence electrons. The highest BCUT2D eigenvalue weighted by molar-refractivity contribution is 7.09. The van der Waals surface area contributed by atoms with Crippen LogP contribution in [0.3, 0.4) is 0 Å². The second kappa shape index (κ2) is 9.44. The zero-order valence-electron chi connectivity index (χ0n) is 11.6. The van der Waals surface area contributed by atoms with E-state index in [1.54, 1.807) is 18.4 Å². The number of hydrogen-bond acceptors (Lipinski definition) is 5. The Hall–Kier alpha value is -0.490. The lowest BCUT2D eigenvalue weighted by molar-refractivity contribution is 0.0722. The highest BCUT2D eigenvalue weighted by Crippen LogP contribution is 2.16. The van der Waals surface area contributed by atoms with Crippen molar-refractivity contribution in [3.63, 3.8) is 0 Å². The van der Waals surface area contributed by atoms with Gasteiger partial charge < -0.3 is 14.8 Å². The van der Waals surface area contributed by atoms with Gasteiger partial charge in [-0.3, -0.25) is 0 Å². The Balaban J connectivity index is 2.25. The zero-order chi connectivity index (χ0) is 13.2. The van der Waals surface area contributed by atoms with Crippen LogP contribution < -0.4 is 5.32 Å². The quantitative estimate of drug-likeness (QED) is 0.664. The van der Waals surface area contributed by atoms with E-state index in [9.17, 15) is 0 Å². The Morgan fingerprint density at radius 2 is 2.22 bits per heavy atom. The molecule has 1 N–H and O–H groups in total. The monoisotopic (exact) mass is 272 g/mol. The first-order valence-corrected chi connectivity index (χ1v) is 7.40. The van der Waals surface area contributed by atoms with Crippen LogP contribution >= 0.6 is 11.3 Å². The summed E-state index contributed by atoms with van der Waals surface area (Å²) >= 11 is 1.71. The first-order valence-electron chi connectivity index (χ1n) is 6.52. The average Bonchev–Trinajstić information content (AvgIpc) is 2.84. The summed E-state index contributed by atoms with van der Waals surface area (Å²) in [7, 11) is 1.68. The second-order valence-electron chi connectivity index (χ2n) is 4.20. The Labute approximate surface area is 114 Å². The SMILES string of the molecule is CCCNC(C)c1csc(CCOCCOC)n1. The van der Waals surface area contributed by atoms with Gasteiger partial charge in [0.15, 0.2) is 0 Å². The number of methoxy groups -OCH3 is 1. The van der Waals surface area contributed by atoms with Crippen LogP contribution in [0.1, 0.15) is 37.0 Å². The van der Waals surface area contributed by atoms with Crippen LogP contribution in [0.25, 0.3) is 0 Å². The highest BCUT2D eigenvalue weighted by Gasteiger charge is 2.08. The third kappa shape index (κ3) is 5.91. The number of nitrogens with zero attached hydrogens (tertiary/aromatic N) is 1. The summed E-state index contributed by atoms with van der Waals surface area (Å²) < 4.78 is 10.4. The minimum atomic E-state index is 0.337. The molecule has 0 spiro atoms. The molecule has 5 heteroatoms. The van der Waals surface area contributed by atoms with Crippen LogP contribution in [0.5, 0.6) is 0 Å². The molecule has 0 aliphatic heterocycles. The smallest absolute Gasteiger partial charge is 0.0951 e. The molecule has 0 radical (unpaired) electrons. The van der Waals surface area contributed by atoms with Crippen LogP contribution in [0.15, 0.2) is 5.38 Å². The van der Waals surface area contributed by atoms with Crippen molar-refractivity contribution in [2.24, 2.45) is 0 Å². The normalized spacial score (nSPS) is 12.8. The molecule has 0 saturated heterocycles. The topological polar surface area (TPSA) is 43.4 Å². The Kier molecular flexibility index (Phi) is 8.17. The predicted octanol–water partition coefficient (Wildman–Crippen LogP) is 2.41. The molecule has 0 saturated carbocycles. The molecule has 1 atom stereocenters. The number of thiazole rings is 1. The number of nitrogens with one attached hydrogen (secondary N) is 1. The number of rotatable bonds is 10. The van der Waals surface area contributed by atoms with Crippen LogP contribution in [0, 0.1) is 0 Å². The van der Waals surface area contributed by atoms with Crippen molar-refractivity contribution < 1.29 is 9.47 Å². The van der Waals surface area contributed by atoms with Gasteiger partial charge in [-0.25, -0.2) is 4.98 Å². The molecule has 0 aliphatic rings. The summed E-state index contributed by atoms with van der Waals surface area (Å²) in [5.74, 6) is 0. The molecule has 0 aliphatic carbocycles. The van der Waals surface area contributed by atoms with E-state index in [2.05, 4.69) is 29.5 Å². The molecular formula is C13H24N2O2S. The largest absolute Gasteiger partial charge is 0.382 e. The van der Waals surface area contributed by atoms with Crippen molar-refractivity contribution in [3.8, 4) is 0 Å². The molecule has 1 heterocycles. The van der Waals surface area contributed by atoms with Crippen molar-refractivity contribution in [2.75, 3.05) is 33.5 Å². The minimum absolute atomic E-state index is 0.337. The van der Waals surface area contributed by atoms with Crippen LogP contribution in [-0.4, -0.2) is 38.5 Å². The molecule has 1 aromatic rings. The van der Waals surface area contributed by atoms with E-state index >= 15 is 0 Å². The highest BCUT2D eigenvalue weighted by atomic mass is 32.1. The van der Waals surface area contributed by atoms with Gasteiger partial charge >= 0.3 is 0 Å². The number of hydrogen-bond donors (Lipinski definition) is 1. The number of aromatic nitrogens is 1. The summed E-state index contributed by atoms with van der Waals surface area (Å²) in [4.78, 5) is 4.63. The van der Waals surface area contributed by atoms with Crippen molar-refractivity contribution in [2.45, 2.75) is 32.7 Å². The van der Waals surface area contributed by atoms with E-state index in [1.807, 2.05) is 0 Å².